The van der Waals surface area contributed by atoms with E-state index in [-0.39, 0.29) is 10.8 Å². The van der Waals surface area contributed by atoms with Crippen LogP contribution in [0.1, 0.15) is 11.6 Å². The molecule has 4 nitrogen and oxygen atoms in total. The zero-order valence-electron chi connectivity index (χ0n) is 9.78. The van der Waals surface area contributed by atoms with Crippen LogP contribution in [0.3, 0.4) is 0 Å². The summed E-state index contributed by atoms with van der Waals surface area (Å²) in [5.41, 5.74) is 0.723. The average Bonchev–Trinajstić information content (AvgIpc) is 2.84. The molecule has 0 amide bonds. The van der Waals surface area contributed by atoms with Gasteiger partial charge in [-0.25, -0.2) is 13.1 Å². The maximum absolute atomic E-state index is 12.2. The largest absolute Gasteiger partial charge is 0.394 e. The summed E-state index contributed by atoms with van der Waals surface area (Å²) in [5.74, 6) is 0. The molecule has 1 atom stereocenters. The Morgan fingerprint density at radius 3 is 2.47 bits per heavy atom. The summed E-state index contributed by atoms with van der Waals surface area (Å²) in [7, 11) is -3.65. The molecule has 0 aliphatic heterocycles. The lowest BCUT2D eigenvalue weighted by molar-refractivity contribution is 0.259. The molecular formula is C12H12BrNO3S2. The molecule has 1 aromatic carbocycles. The molecule has 0 aliphatic rings. The summed E-state index contributed by atoms with van der Waals surface area (Å²) in [6.45, 7) is -0.299. The summed E-state index contributed by atoms with van der Waals surface area (Å²) in [6, 6.07) is 10.00. The van der Waals surface area contributed by atoms with Gasteiger partial charge >= 0.3 is 0 Å². The normalized spacial score (nSPS) is 13.4. The van der Waals surface area contributed by atoms with Crippen LogP contribution in [-0.4, -0.2) is 20.1 Å². The molecule has 2 rings (SSSR count). The summed E-state index contributed by atoms with van der Waals surface area (Å²) in [4.78, 5) is 0. The number of sulfonamides is 1. The van der Waals surface area contributed by atoms with Gasteiger partial charge < -0.3 is 5.11 Å². The van der Waals surface area contributed by atoms with Crippen LogP contribution in [0.4, 0.5) is 0 Å². The SMILES string of the molecule is O=S(=O)(NC(CO)c1ccccc1)c1sccc1Br. The van der Waals surface area contributed by atoms with Crippen LogP contribution in [0.15, 0.2) is 50.5 Å². The van der Waals surface area contributed by atoms with Crippen molar-refractivity contribution in [1.29, 1.82) is 0 Å². The first-order valence-corrected chi connectivity index (χ1v) is 8.61. The van der Waals surface area contributed by atoms with Crippen LogP contribution in [0.5, 0.6) is 0 Å². The number of nitrogens with one attached hydrogen (secondary N) is 1. The minimum Gasteiger partial charge on any atom is -0.394 e. The Bertz CT molecular complexity index is 640. The molecule has 19 heavy (non-hydrogen) atoms. The van der Waals surface area contributed by atoms with Crippen molar-refractivity contribution in [3.8, 4) is 0 Å². The molecular weight excluding hydrogens is 350 g/mol. The fraction of sp³-hybridized carbons (Fsp3) is 0.167. The van der Waals surface area contributed by atoms with Crippen molar-refractivity contribution < 1.29 is 13.5 Å². The molecule has 0 saturated heterocycles. The Hall–Kier alpha value is -0.730. The number of hydrogen-bond donors (Lipinski definition) is 2. The lowest BCUT2D eigenvalue weighted by Gasteiger charge is -2.16. The zero-order chi connectivity index (χ0) is 13.9. The molecule has 2 aromatic rings. The highest BCUT2D eigenvalue weighted by Gasteiger charge is 2.23. The predicted molar refractivity (Wildman–Crippen MR) is 78.6 cm³/mol. The third-order valence-corrected chi connectivity index (χ3v) is 6.65. The number of aliphatic hydroxyl groups excluding tert-OH is 1. The average molecular weight is 362 g/mol. The molecule has 0 spiro atoms. The second kappa shape index (κ2) is 6.15. The Labute approximate surface area is 124 Å². The maximum Gasteiger partial charge on any atom is 0.251 e. The Balaban J connectivity index is 2.27. The van der Waals surface area contributed by atoms with E-state index in [2.05, 4.69) is 20.7 Å². The number of aliphatic hydroxyl groups is 1. The van der Waals surface area contributed by atoms with E-state index >= 15 is 0 Å². The minimum atomic E-state index is -3.65. The Morgan fingerprint density at radius 1 is 1.26 bits per heavy atom. The van der Waals surface area contributed by atoms with Crippen LogP contribution in [0.2, 0.25) is 0 Å². The summed E-state index contributed by atoms with van der Waals surface area (Å²) in [6.07, 6.45) is 0. The van der Waals surface area contributed by atoms with Crippen LogP contribution >= 0.6 is 27.3 Å². The fourth-order valence-corrected chi connectivity index (χ4v) is 5.18. The van der Waals surface area contributed by atoms with Crippen molar-refractivity contribution in [1.82, 2.24) is 4.72 Å². The molecule has 0 bridgehead atoms. The highest BCUT2D eigenvalue weighted by molar-refractivity contribution is 9.10. The van der Waals surface area contributed by atoms with E-state index in [1.807, 2.05) is 6.07 Å². The zero-order valence-corrected chi connectivity index (χ0v) is 13.0. The third kappa shape index (κ3) is 3.43. The summed E-state index contributed by atoms with van der Waals surface area (Å²) in [5, 5.41) is 11.1. The molecule has 0 saturated carbocycles. The van der Waals surface area contributed by atoms with E-state index in [9.17, 15) is 13.5 Å². The molecule has 1 heterocycles. The second-order valence-electron chi connectivity index (χ2n) is 3.82. The molecule has 2 N–H and O–H groups in total. The first kappa shape index (κ1) is 14.7. The smallest absolute Gasteiger partial charge is 0.251 e. The van der Waals surface area contributed by atoms with Crippen molar-refractivity contribution in [2.45, 2.75) is 10.3 Å². The molecule has 0 aliphatic carbocycles. The summed E-state index contributed by atoms with van der Waals surface area (Å²) < 4.78 is 27.7. The van der Waals surface area contributed by atoms with Crippen molar-refractivity contribution >= 4 is 37.3 Å². The molecule has 0 radical (unpaired) electrons. The lowest BCUT2D eigenvalue weighted by Crippen LogP contribution is -2.30. The van der Waals surface area contributed by atoms with Crippen LogP contribution in [0.25, 0.3) is 0 Å². The van der Waals surface area contributed by atoms with Gasteiger partial charge in [-0.15, -0.1) is 11.3 Å². The molecule has 0 fully saturated rings. The maximum atomic E-state index is 12.2. The van der Waals surface area contributed by atoms with Gasteiger partial charge in [0.05, 0.1) is 12.6 Å². The van der Waals surface area contributed by atoms with Crippen molar-refractivity contribution in [2.24, 2.45) is 0 Å². The Kier molecular flexibility index (Phi) is 4.75. The lowest BCUT2D eigenvalue weighted by atomic mass is 10.1. The van der Waals surface area contributed by atoms with E-state index < -0.39 is 16.1 Å². The first-order chi connectivity index (χ1) is 9.04. The second-order valence-corrected chi connectivity index (χ2v) is 7.50. The summed E-state index contributed by atoms with van der Waals surface area (Å²) >= 11 is 4.32. The molecule has 1 unspecified atom stereocenters. The topological polar surface area (TPSA) is 66.4 Å². The number of hydrogen-bond acceptors (Lipinski definition) is 4. The van der Waals surface area contributed by atoms with E-state index in [1.165, 1.54) is 0 Å². The van der Waals surface area contributed by atoms with E-state index in [1.54, 1.807) is 35.7 Å². The van der Waals surface area contributed by atoms with Gasteiger partial charge in [0, 0.05) is 4.47 Å². The Morgan fingerprint density at radius 2 is 1.95 bits per heavy atom. The van der Waals surface area contributed by atoms with Gasteiger partial charge in [-0.3, -0.25) is 0 Å². The van der Waals surface area contributed by atoms with Gasteiger partial charge in [-0.1, -0.05) is 30.3 Å². The van der Waals surface area contributed by atoms with Crippen LogP contribution < -0.4 is 4.72 Å². The molecule has 7 heteroatoms. The van der Waals surface area contributed by atoms with Crippen molar-refractivity contribution in [3.05, 3.63) is 51.8 Å². The highest BCUT2D eigenvalue weighted by Crippen LogP contribution is 2.28. The van der Waals surface area contributed by atoms with E-state index in [4.69, 9.17) is 0 Å². The third-order valence-electron chi connectivity index (χ3n) is 2.51. The number of halogens is 1. The first-order valence-electron chi connectivity index (χ1n) is 5.45. The van der Waals surface area contributed by atoms with Gasteiger partial charge in [0.1, 0.15) is 4.21 Å². The van der Waals surface area contributed by atoms with Gasteiger partial charge in [0.25, 0.3) is 10.0 Å². The van der Waals surface area contributed by atoms with Gasteiger partial charge in [-0.05, 0) is 32.9 Å². The van der Waals surface area contributed by atoms with Gasteiger partial charge in [0.15, 0.2) is 0 Å². The van der Waals surface area contributed by atoms with Gasteiger partial charge in [0.2, 0.25) is 0 Å². The van der Waals surface area contributed by atoms with Gasteiger partial charge in [-0.2, -0.15) is 0 Å². The van der Waals surface area contributed by atoms with Crippen molar-refractivity contribution in [2.75, 3.05) is 6.61 Å². The van der Waals surface area contributed by atoms with Crippen molar-refractivity contribution in [3.63, 3.8) is 0 Å². The standard InChI is InChI=1S/C12H12BrNO3S2/c13-10-6-7-18-12(10)19(16,17)14-11(8-15)9-4-2-1-3-5-9/h1-7,11,14-15H,8H2. The predicted octanol–water partition coefficient (Wildman–Crippen LogP) is 2.52. The fourth-order valence-electron chi connectivity index (χ4n) is 1.61. The quantitative estimate of drug-likeness (QED) is 0.859. The molecule has 1 aromatic heterocycles. The minimum absolute atomic E-state index is 0.210. The van der Waals surface area contributed by atoms with E-state index in [0.29, 0.717) is 4.47 Å². The molecule has 102 valence electrons. The van der Waals surface area contributed by atoms with Crippen LogP contribution in [0, 0.1) is 0 Å². The number of thiophene rings is 1. The van der Waals surface area contributed by atoms with Crippen LogP contribution in [-0.2, 0) is 10.0 Å². The number of benzene rings is 1. The van der Waals surface area contributed by atoms with E-state index in [0.717, 1.165) is 16.9 Å². The number of rotatable bonds is 5. The highest BCUT2D eigenvalue weighted by atomic mass is 79.9. The monoisotopic (exact) mass is 361 g/mol.